The summed E-state index contributed by atoms with van der Waals surface area (Å²) >= 11 is 0. The number of fused-ring (bicyclic) bond motifs is 1. The van der Waals surface area contributed by atoms with Gasteiger partial charge in [0.2, 0.25) is 5.91 Å². The van der Waals surface area contributed by atoms with E-state index in [1.807, 2.05) is 77.7 Å². The van der Waals surface area contributed by atoms with Crippen molar-refractivity contribution < 1.29 is 14.3 Å². The van der Waals surface area contributed by atoms with E-state index in [-0.39, 0.29) is 11.9 Å². The van der Waals surface area contributed by atoms with Gasteiger partial charge in [0.1, 0.15) is 40.8 Å². The Bertz CT molecular complexity index is 1960. The summed E-state index contributed by atoms with van der Waals surface area (Å²) in [5.41, 5.74) is 10.8. The zero-order chi connectivity index (χ0) is 32.6. The van der Waals surface area contributed by atoms with E-state index in [0.717, 1.165) is 66.0 Å². The molecule has 3 heterocycles. The summed E-state index contributed by atoms with van der Waals surface area (Å²) in [6.45, 7) is 2.17. The molecule has 2 aliphatic carbocycles. The minimum Gasteiger partial charge on any atom is -0.457 e. The molecule has 2 N–H and O–H groups in total. The van der Waals surface area contributed by atoms with Gasteiger partial charge in [-0.25, -0.2) is 9.97 Å². The maximum atomic E-state index is 13.2. The van der Waals surface area contributed by atoms with E-state index in [4.69, 9.17) is 20.2 Å². The number of likely N-dealkylation sites (N-methyl/N-ethyl adjacent to an activating group) is 1. The highest BCUT2D eigenvalue weighted by Gasteiger charge is 2.38. The number of carbonyl (C=O) groups excluding carboxylic acids is 1. The molecule has 1 aliphatic heterocycles. The van der Waals surface area contributed by atoms with Gasteiger partial charge in [0.05, 0.1) is 11.4 Å². The molecule has 1 saturated heterocycles. The first-order chi connectivity index (χ1) is 23.5. The Kier molecular flexibility index (Phi) is 8.06. The number of nitrogens with zero attached hydrogens (tertiary/aromatic N) is 5. The topological polar surface area (TPSA) is 98.7 Å². The third-order valence-corrected chi connectivity index (χ3v) is 9.64. The Morgan fingerprint density at radius 2 is 1.60 bits per heavy atom. The number of aromatic nitrogens is 3. The second-order valence-corrected chi connectivity index (χ2v) is 13.2. The summed E-state index contributed by atoms with van der Waals surface area (Å²) in [6, 6.07) is 26.3. The van der Waals surface area contributed by atoms with Crippen LogP contribution in [0.5, 0.6) is 23.0 Å². The van der Waals surface area contributed by atoms with Crippen LogP contribution < -0.4 is 15.2 Å². The lowest BCUT2D eigenvalue weighted by Crippen LogP contribution is -2.28. The summed E-state index contributed by atoms with van der Waals surface area (Å²) in [4.78, 5) is 26.7. The van der Waals surface area contributed by atoms with Crippen molar-refractivity contribution in [3.63, 3.8) is 0 Å². The molecule has 8 rings (SSSR count). The van der Waals surface area contributed by atoms with Crippen LogP contribution in [0.3, 0.4) is 0 Å². The van der Waals surface area contributed by atoms with Crippen molar-refractivity contribution >= 4 is 22.8 Å². The van der Waals surface area contributed by atoms with Crippen LogP contribution in [0.4, 0.5) is 5.82 Å². The molecule has 1 atom stereocenters. The monoisotopic (exact) mass is 640 g/mol. The maximum Gasteiger partial charge on any atom is 0.246 e. The summed E-state index contributed by atoms with van der Waals surface area (Å²) in [7, 11) is 2.13. The van der Waals surface area contributed by atoms with E-state index in [2.05, 4.69) is 33.6 Å². The van der Waals surface area contributed by atoms with Crippen molar-refractivity contribution in [3.8, 4) is 34.1 Å². The van der Waals surface area contributed by atoms with Crippen LogP contribution in [0.2, 0.25) is 0 Å². The molecule has 48 heavy (non-hydrogen) atoms. The van der Waals surface area contributed by atoms with E-state index >= 15 is 0 Å². The quantitative estimate of drug-likeness (QED) is 0.149. The number of para-hydroxylation sites is 1. The molecular formula is C39H40N6O3. The lowest BCUT2D eigenvalue weighted by atomic mass is 10.0. The number of hydrogen-bond donors (Lipinski definition) is 1. The zero-order valence-electron chi connectivity index (χ0n) is 27.2. The van der Waals surface area contributed by atoms with Crippen LogP contribution in [-0.2, 0) is 4.79 Å². The highest BCUT2D eigenvalue weighted by molar-refractivity contribution is 6.03. The number of anilines is 1. The van der Waals surface area contributed by atoms with Gasteiger partial charge in [0, 0.05) is 49.1 Å². The Labute approximate surface area is 280 Å². The van der Waals surface area contributed by atoms with Gasteiger partial charge in [-0.05, 0) is 87.0 Å². The predicted molar refractivity (Wildman–Crippen MR) is 187 cm³/mol. The van der Waals surface area contributed by atoms with Gasteiger partial charge in [-0.2, -0.15) is 0 Å². The number of ether oxygens (including phenoxy) is 2. The summed E-state index contributed by atoms with van der Waals surface area (Å²) in [5.74, 6) is 3.85. The highest BCUT2D eigenvalue weighted by atomic mass is 16.5. The number of nitrogens with two attached hydrogens (primary N) is 1. The average molecular weight is 641 g/mol. The van der Waals surface area contributed by atoms with Gasteiger partial charge in [-0.3, -0.25) is 9.69 Å². The smallest absolute Gasteiger partial charge is 0.246 e. The minimum atomic E-state index is 0.0771. The number of likely N-dealkylation sites (tertiary alicyclic amines) is 1. The van der Waals surface area contributed by atoms with Gasteiger partial charge < -0.3 is 24.7 Å². The summed E-state index contributed by atoms with van der Waals surface area (Å²) < 4.78 is 14.6. The van der Waals surface area contributed by atoms with Gasteiger partial charge in [-0.15, -0.1) is 0 Å². The normalized spacial score (nSPS) is 17.9. The molecule has 0 spiro atoms. The van der Waals surface area contributed by atoms with Crippen molar-refractivity contribution in [2.75, 3.05) is 32.4 Å². The van der Waals surface area contributed by atoms with Crippen LogP contribution in [0.1, 0.15) is 49.8 Å². The first-order valence-electron chi connectivity index (χ1n) is 16.9. The molecular weight excluding hydrogens is 600 g/mol. The standard InChI is InChI=1S/C39H40N6O3/c1-43(28-16-17-28)21-6-11-34(46)44-22-20-29(24-44)45-37(27-12-13-27)35(36-38(40)41-25-42-39(36)45)26-14-18-31(19-15-26)48-33-10-5-9-32(23-33)47-30-7-3-2-4-8-30/h2-11,14-15,18-19,23,25,27-29H,12-13,16-17,20-22,24H2,1H3,(H2,40,41,42)/b11-6+/t29-/m1/s1. The molecule has 3 aromatic carbocycles. The van der Waals surface area contributed by atoms with Crippen LogP contribution in [0, 0.1) is 0 Å². The molecule has 0 bridgehead atoms. The molecule has 5 aromatic rings. The number of nitrogen functional groups attached to an aromatic ring is 1. The first-order valence-corrected chi connectivity index (χ1v) is 16.9. The minimum absolute atomic E-state index is 0.0771. The molecule has 1 amide bonds. The molecule has 3 aliphatic rings. The van der Waals surface area contributed by atoms with E-state index in [9.17, 15) is 4.79 Å². The first kappa shape index (κ1) is 30.2. The molecule has 3 fully saturated rings. The Balaban J connectivity index is 1.05. The van der Waals surface area contributed by atoms with Gasteiger partial charge in [-0.1, -0.05) is 42.5 Å². The second kappa shape index (κ2) is 12.8. The number of amides is 1. The fourth-order valence-corrected chi connectivity index (χ4v) is 6.89. The lowest BCUT2D eigenvalue weighted by Gasteiger charge is -2.19. The van der Waals surface area contributed by atoms with Crippen LogP contribution in [0.15, 0.2) is 97.3 Å². The fraction of sp³-hybridized carbons (Fsp3) is 0.308. The average Bonchev–Trinajstić information content (AvgIpc) is 4.04. The van der Waals surface area contributed by atoms with Gasteiger partial charge >= 0.3 is 0 Å². The third kappa shape index (κ3) is 6.25. The summed E-state index contributed by atoms with van der Waals surface area (Å²) in [5, 5.41) is 0.881. The van der Waals surface area contributed by atoms with E-state index in [0.29, 0.717) is 35.8 Å². The third-order valence-electron chi connectivity index (χ3n) is 9.64. The van der Waals surface area contributed by atoms with E-state index in [1.165, 1.54) is 18.5 Å². The number of benzene rings is 3. The van der Waals surface area contributed by atoms with Gasteiger partial charge in [0.15, 0.2) is 0 Å². The fourth-order valence-electron chi connectivity index (χ4n) is 6.89. The summed E-state index contributed by atoms with van der Waals surface area (Å²) in [6.07, 6.45) is 10.9. The zero-order valence-corrected chi connectivity index (χ0v) is 27.2. The number of rotatable bonds is 11. The molecule has 244 valence electrons. The molecule has 2 saturated carbocycles. The Morgan fingerprint density at radius 3 is 2.31 bits per heavy atom. The Morgan fingerprint density at radius 1 is 0.896 bits per heavy atom. The highest BCUT2D eigenvalue weighted by Crippen LogP contribution is 2.51. The van der Waals surface area contributed by atoms with Crippen molar-refractivity contribution in [1.29, 1.82) is 0 Å². The predicted octanol–water partition coefficient (Wildman–Crippen LogP) is 7.57. The largest absolute Gasteiger partial charge is 0.457 e. The van der Waals surface area contributed by atoms with E-state index in [1.54, 1.807) is 12.4 Å². The van der Waals surface area contributed by atoms with Crippen LogP contribution in [0.25, 0.3) is 22.2 Å². The lowest BCUT2D eigenvalue weighted by molar-refractivity contribution is -0.125. The van der Waals surface area contributed by atoms with Crippen molar-refractivity contribution in [1.82, 2.24) is 24.3 Å². The molecule has 0 unspecified atom stereocenters. The molecule has 9 nitrogen and oxygen atoms in total. The second-order valence-electron chi connectivity index (χ2n) is 13.2. The maximum absolute atomic E-state index is 13.2. The van der Waals surface area contributed by atoms with Gasteiger partial charge in [0.25, 0.3) is 0 Å². The van der Waals surface area contributed by atoms with E-state index < -0.39 is 0 Å². The SMILES string of the molecule is CN(C/C=C/C(=O)N1CC[C@@H](n2c(C3CC3)c(-c3ccc(Oc4cccc(Oc5ccccc5)c4)cc3)c3c(N)ncnc32)C1)C1CC1. The van der Waals surface area contributed by atoms with Crippen molar-refractivity contribution in [3.05, 3.63) is 103 Å². The van der Waals surface area contributed by atoms with Crippen molar-refractivity contribution in [2.45, 2.75) is 50.1 Å². The molecule has 0 radical (unpaired) electrons. The van der Waals surface area contributed by atoms with Crippen LogP contribution in [-0.4, -0.2) is 63.0 Å². The Hall–Kier alpha value is -5.15. The number of hydrogen-bond acceptors (Lipinski definition) is 7. The molecule has 2 aromatic heterocycles. The number of carbonyl (C=O) groups is 1. The van der Waals surface area contributed by atoms with Crippen molar-refractivity contribution in [2.24, 2.45) is 0 Å². The van der Waals surface area contributed by atoms with Crippen LogP contribution >= 0.6 is 0 Å². The molecule has 9 heteroatoms.